The van der Waals surface area contributed by atoms with Crippen molar-refractivity contribution < 1.29 is 0 Å². The highest BCUT2D eigenvalue weighted by molar-refractivity contribution is 5.50. The number of nitrogens with zero attached hydrogens (tertiary/aromatic N) is 3. The lowest BCUT2D eigenvalue weighted by molar-refractivity contribution is 0.544. The van der Waals surface area contributed by atoms with Gasteiger partial charge in [-0.3, -0.25) is 0 Å². The molecule has 0 saturated carbocycles. The molecular formula is C14H26N4. The van der Waals surface area contributed by atoms with E-state index in [9.17, 15) is 0 Å². The molecule has 18 heavy (non-hydrogen) atoms. The maximum absolute atomic E-state index is 4.68. The predicted octanol–water partition coefficient (Wildman–Crippen LogP) is 3.05. The second kappa shape index (κ2) is 5.55. The SMILES string of the molecule is CCNc1cc(N(C)C(C)C)nc(C(C)(C)C)n1. The topological polar surface area (TPSA) is 41.0 Å². The summed E-state index contributed by atoms with van der Waals surface area (Å²) in [6, 6.07) is 2.43. The number of hydrogen-bond acceptors (Lipinski definition) is 4. The highest BCUT2D eigenvalue weighted by Crippen LogP contribution is 2.24. The third kappa shape index (κ3) is 3.59. The Balaban J connectivity index is 3.22. The zero-order valence-corrected chi connectivity index (χ0v) is 12.7. The van der Waals surface area contributed by atoms with Crippen LogP contribution in [0.3, 0.4) is 0 Å². The first kappa shape index (κ1) is 14.7. The van der Waals surface area contributed by atoms with Crippen LogP contribution in [-0.2, 0) is 5.41 Å². The van der Waals surface area contributed by atoms with Crippen molar-refractivity contribution in [1.29, 1.82) is 0 Å². The molecule has 0 aliphatic heterocycles. The zero-order valence-electron chi connectivity index (χ0n) is 12.7. The third-order valence-electron chi connectivity index (χ3n) is 2.88. The summed E-state index contributed by atoms with van der Waals surface area (Å²) in [6.07, 6.45) is 0. The van der Waals surface area contributed by atoms with E-state index >= 15 is 0 Å². The average Bonchev–Trinajstić information content (AvgIpc) is 2.26. The molecule has 1 heterocycles. The Morgan fingerprint density at radius 2 is 1.89 bits per heavy atom. The molecule has 1 aromatic heterocycles. The molecule has 1 rings (SSSR count). The minimum Gasteiger partial charge on any atom is -0.370 e. The molecule has 1 N–H and O–H groups in total. The number of nitrogens with one attached hydrogen (secondary N) is 1. The molecule has 0 aliphatic carbocycles. The Labute approximate surface area is 111 Å². The Kier molecular flexibility index (Phi) is 4.54. The predicted molar refractivity (Wildman–Crippen MR) is 78.4 cm³/mol. The summed E-state index contributed by atoms with van der Waals surface area (Å²) in [5.41, 5.74) is -0.0436. The second-order valence-electron chi connectivity index (χ2n) is 5.92. The monoisotopic (exact) mass is 250 g/mol. The number of hydrogen-bond donors (Lipinski definition) is 1. The largest absolute Gasteiger partial charge is 0.370 e. The number of aromatic nitrogens is 2. The van der Waals surface area contributed by atoms with Gasteiger partial charge in [-0.2, -0.15) is 0 Å². The van der Waals surface area contributed by atoms with Crippen molar-refractivity contribution in [3.05, 3.63) is 11.9 Å². The lowest BCUT2D eigenvalue weighted by Crippen LogP contribution is -2.28. The molecule has 0 fully saturated rings. The van der Waals surface area contributed by atoms with Crippen molar-refractivity contribution in [2.24, 2.45) is 0 Å². The Bertz CT molecular complexity index is 393. The zero-order chi connectivity index (χ0) is 13.9. The first-order valence-electron chi connectivity index (χ1n) is 6.62. The van der Waals surface area contributed by atoms with E-state index in [1.54, 1.807) is 0 Å². The Hall–Kier alpha value is -1.32. The molecule has 0 radical (unpaired) electrons. The molecule has 0 atom stereocenters. The first-order valence-corrected chi connectivity index (χ1v) is 6.62. The van der Waals surface area contributed by atoms with Crippen LogP contribution in [0.25, 0.3) is 0 Å². The minimum absolute atomic E-state index is 0.0436. The van der Waals surface area contributed by atoms with Gasteiger partial charge in [0, 0.05) is 31.1 Å². The van der Waals surface area contributed by atoms with Gasteiger partial charge in [-0.05, 0) is 20.8 Å². The van der Waals surface area contributed by atoms with Crippen LogP contribution in [0.4, 0.5) is 11.6 Å². The van der Waals surface area contributed by atoms with Gasteiger partial charge in [0.15, 0.2) is 0 Å². The molecule has 4 heteroatoms. The summed E-state index contributed by atoms with van der Waals surface area (Å²) in [5.74, 6) is 2.75. The van der Waals surface area contributed by atoms with Crippen LogP contribution >= 0.6 is 0 Å². The van der Waals surface area contributed by atoms with E-state index in [1.165, 1.54) is 0 Å². The van der Waals surface area contributed by atoms with Gasteiger partial charge in [-0.15, -0.1) is 0 Å². The Morgan fingerprint density at radius 3 is 2.33 bits per heavy atom. The van der Waals surface area contributed by atoms with E-state index in [-0.39, 0.29) is 5.41 Å². The molecule has 0 saturated heterocycles. The van der Waals surface area contributed by atoms with Crippen LogP contribution in [0, 0.1) is 0 Å². The van der Waals surface area contributed by atoms with Gasteiger partial charge in [0.05, 0.1) is 0 Å². The molecule has 0 amide bonds. The molecule has 0 unspecified atom stereocenters. The summed E-state index contributed by atoms with van der Waals surface area (Å²) < 4.78 is 0. The molecule has 0 bridgehead atoms. The summed E-state index contributed by atoms with van der Waals surface area (Å²) >= 11 is 0. The van der Waals surface area contributed by atoms with Crippen molar-refractivity contribution in [3.8, 4) is 0 Å². The van der Waals surface area contributed by atoms with Gasteiger partial charge in [-0.25, -0.2) is 9.97 Å². The van der Waals surface area contributed by atoms with Crippen LogP contribution in [0.5, 0.6) is 0 Å². The number of anilines is 2. The van der Waals surface area contributed by atoms with Gasteiger partial charge >= 0.3 is 0 Å². The van der Waals surface area contributed by atoms with E-state index in [2.05, 4.69) is 68.8 Å². The fraction of sp³-hybridized carbons (Fsp3) is 0.714. The van der Waals surface area contributed by atoms with Crippen molar-refractivity contribution in [2.45, 2.75) is 53.0 Å². The first-order chi connectivity index (χ1) is 8.25. The normalized spacial score (nSPS) is 11.8. The maximum Gasteiger partial charge on any atom is 0.138 e. The minimum atomic E-state index is -0.0436. The van der Waals surface area contributed by atoms with Gasteiger partial charge in [0.25, 0.3) is 0 Å². The van der Waals surface area contributed by atoms with Crippen molar-refractivity contribution in [1.82, 2.24) is 9.97 Å². The van der Waals surface area contributed by atoms with E-state index in [0.29, 0.717) is 6.04 Å². The van der Waals surface area contributed by atoms with E-state index in [1.807, 2.05) is 6.07 Å². The summed E-state index contributed by atoms with van der Waals surface area (Å²) in [4.78, 5) is 11.4. The fourth-order valence-electron chi connectivity index (χ4n) is 1.49. The molecule has 0 aromatic carbocycles. The van der Waals surface area contributed by atoms with Gasteiger partial charge in [-0.1, -0.05) is 20.8 Å². The van der Waals surface area contributed by atoms with Crippen molar-refractivity contribution in [3.63, 3.8) is 0 Å². The van der Waals surface area contributed by atoms with Crippen molar-refractivity contribution >= 4 is 11.6 Å². The molecule has 1 aromatic rings. The fourth-order valence-corrected chi connectivity index (χ4v) is 1.49. The lowest BCUT2D eigenvalue weighted by Gasteiger charge is -2.26. The summed E-state index contributed by atoms with van der Waals surface area (Å²) in [7, 11) is 2.06. The molecule has 4 nitrogen and oxygen atoms in total. The van der Waals surface area contributed by atoms with Crippen LogP contribution in [0.1, 0.15) is 47.4 Å². The lowest BCUT2D eigenvalue weighted by atomic mass is 9.96. The number of rotatable bonds is 4. The second-order valence-corrected chi connectivity index (χ2v) is 5.92. The van der Waals surface area contributed by atoms with E-state index < -0.39 is 0 Å². The van der Waals surface area contributed by atoms with Crippen LogP contribution in [-0.4, -0.2) is 29.6 Å². The third-order valence-corrected chi connectivity index (χ3v) is 2.88. The van der Waals surface area contributed by atoms with Gasteiger partial charge in [0.1, 0.15) is 17.5 Å². The highest BCUT2D eigenvalue weighted by atomic mass is 15.2. The van der Waals surface area contributed by atoms with E-state index in [0.717, 1.165) is 24.0 Å². The maximum atomic E-state index is 4.68. The molecular weight excluding hydrogens is 224 g/mol. The smallest absolute Gasteiger partial charge is 0.138 e. The highest BCUT2D eigenvalue weighted by Gasteiger charge is 2.20. The average molecular weight is 250 g/mol. The molecule has 0 aliphatic rings. The van der Waals surface area contributed by atoms with Crippen LogP contribution in [0.15, 0.2) is 6.07 Å². The molecule has 102 valence electrons. The van der Waals surface area contributed by atoms with Gasteiger partial charge < -0.3 is 10.2 Å². The van der Waals surface area contributed by atoms with E-state index in [4.69, 9.17) is 0 Å². The van der Waals surface area contributed by atoms with Crippen molar-refractivity contribution in [2.75, 3.05) is 23.8 Å². The quantitative estimate of drug-likeness (QED) is 0.891. The molecule has 0 spiro atoms. The van der Waals surface area contributed by atoms with Gasteiger partial charge in [0.2, 0.25) is 0 Å². The summed E-state index contributed by atoms with van der Waals surface area (Å²) in [5, 5.41) is 3.28. The summed E-state index contributed by atoms with van der Waals surface area (Å²) in [6.45, 7) is 13.7. The standard InChI is InChI=1S/C14H26N4/c1-8-15-11-9-12(18(7)10(2)3)17-13(16-11)14(4,5)6/h9-10H,8H2,1-7H3,(H,15,16,17). The Morgan fingerprint density at radius 1 is 1.28 bits per heavy atom. The van der Waals surface area contributed by atoms with Crippen LogP contribution in [0.2, 0.25) is 0 Å². The van der Waals surface area contributed by atoms with Crippen LogP contribution < -0.4 is 10.2 Å².